The molecule has 1 N–H and O–H groups in total. The zero-order valence-electron chi connectivity index (χ0n) is 13.2. The number of carbonyl (C=O) groups is 2. The van der Waals surface area contributed by atoms with Gasteiger partial charge in [0.25, 0.3) is 5.91 Å². The topological polar surface area (TPSA) is 76.5 Å². The third-order valence-electron chi connectivity index (χ3n) is 3.46. The molecule has 0 atom stereocenters. The second-order valence-corrected chi connectivity index (χ2v) is 5.76. The molecule has 7 nitrogen and oxygen atoms in total. The van der Waals surface area contributed by atoms with E-state index in [9.17, 15) is 14.0 Å². The van der Waals surface area contributed by atoms with Crippen molar-refractivity contribution in [1.29, 1.82) is 0 Å². The molecule has 0 aliphatic carbocycles. The van der Waals surface area contributed by atoms with Gasteiger partial charge in [0.15, 0.2) is 6.73 Å². The summed E-state index contributed by atoms with van der Waals surface area (Å²) in [6.45, 7) is 1.61. The Kier molecular flexibility index (Phi) is 4.71. The zero-order chi connectivity index (χ0) is 18.0. The molecular formula is C16H14ClFN4O3. The zero-order valence-corrected chi connectivity index (χ0v) is 14.0. The largest absolute Gasteiger partial charge is 0.470 e. The van der Waals surface area contributed by atoms with Crippen molar-refractivity contribution in [3.63, 3.8) is 0 Å². The molecule has 0 fully saturated rings. The first-order valence-corrected chi connectivity index (χ1v) is 7.70. The highest BCUT2D eigenvalue weighted by molar-refractivity contribution is 6.32. The van der Waals surface area contributed by atoms with Crippen LogP contribution in [0.1, 0.15) is 6.92 Å². The van der Waals surface area contributed by atoms with Crippen molar-refractivity contribution in [2.24, 2.45) is 0 Å². The molecule has 1 aliphatic rings. The van der Waals surface area contributed by atoms with Crippen LogP contribution in [0.15, 0.2) is 42.4 Å². The number of hydrogen-bond donors (Lipinski definition) is 1. The SMILES string of the molecule is CC(=O)N1CC(Nc2cnn(COc3ccc(F)cc3Cl)c2)=CC1=O. The van der Waals surface area contributed by atoms with E-state index in [1.54, 1.807) is 12.4 Å². The van der Waals surface area contributed by atoms with E-state index in [0.717, 1.165) is 11.0 Å². The number of anilines is 1. The van der Waals surface area contributed by atoms with E-state index >= 15 is 0 Å². The summed E-state index contributed by atoms with van der Waals surface area (Å²) in [5, 5.41) is 7.31. The molecule has 2 aromatic rings. The van der Waals surface area contributed by atoms with Gasteiger partial charge in [0.05, 0.1) is 29.6 Å². The fourth-order valence-corrected chi connectivity index (χ4v) is 2.50. The first-order valence-electron chi connectivity index (χ1n) is 7.32. The monoisotopic (exact) mass is 364 g/mol. The van der Waals surface area contributed by atoms with Crippen LogP contribution in [0, 0.1) is 5.82 Å². The molecule has 2 heterocycles. The standard InChI is InChI=1S/C16H14ClFN4O3/c1-10(23)22-8-12(5-16(22)24)20-13-6-19-21(7-13)9-25-15-3-2-11(18)4-14(15)17/h2-7,20H,8-9H2,1H3. The van der Waals surface area contributed by atoms with Crippen molar-refractivity contribution in [2.75, 3.05) is 11.9 Å². The first-order chi connectivity index (χ1) is 11.9. The molecule has 0 saturated heterocycles. The molecule has 1 aromatic carbocycles. The summed E-state index contributed by atoms with van der Waals surface area (Å²) >= 11 is 5.89. The van der Waals surface area contributed by atoms with Crippen molar-refractivity contribution < 1.29 is 18.7 Å². The molecule has 0 spiro atoms. The lowest BCUT2D eigenvalue weighted by molar-refractivity contribution is -0.138. The van der Waals surface area contributed by atoms with E-state index in [2.05, 4.69) is 10.4 Å². The summed E-state index contributed by atoms with van der Waals surface area (Å²) in [6, 6.07) is 3.85. The van der Waals surface area contributed by atoms with Crippen LogP contribution in [0.5, 0.6) is 5.75 Å². The van der Waals surface area contributed by atoms with Crippen molar-refractivity contribution in [2.45, 2.75) is 13.7 Å². The predicted octanol–water partition coefficient (Wildman–Crippen LogP) is 2.40. The molecule has 130 valence electrons. The van der Waals surface area contributed by atoms with E-state index in [-0.39, 0.29) is 30.1 Å². The van der Waals surface area contributed by atoms with Crippen LogP contribution in [0.25, 0.3) is 0 Å². The maximum Gasteiger partial charge on any atom is 0.255 e. The number of aromatic nitrogens is 2. The maximum atomic E-state index is 13.0. The Balaban J connectivity index is 1.59. The second kappa shape index (κ2) is 6.94. The van der Waals surface area contributed by atoms with Gasteiger partial charge in [-0.1, -0.05) is 11.6 Å². The Morgan fingerprint density at radius 1 is 1.48 bits per heavy atom. The number of nitrogens with one attached hydrogen (secondary N) is 1. The van der Waals surface area contributed by atoms with Crippen LogP contribution >= 0.6 is 11.6 Å². The summed E-state index contributed by atoms with van der Waals surface area (Å²) in [7, 11) is 0. The Labute approximate surface area is 147 Å². The normalized spacial score (nSPS) is 13.8. The summed E-state index contributed by atoms with van der Waals surface area (Å²) in [5.74, 6) is -0.758. The number of carbonyl (C=O) groups excluding carboxylic acids is 2. The Morgan fingerprint density at radius 3 is 2.96 bits per heavy atom. The molecule has 3 rings (SSSR count). The third-order valence-corrected chi connectivity index (χ3v) is 3.75. The molecule has 1 aromatic heterocycles. The molecule has 9 heteroatoms. The minimum absolute atomic E-state index is 0.0740. The van der Waals surface area contributed by atoms with Crippen molar-refractivity contribution in [1.82, 2.24) is 14.7 Å². The number of hydrogen-bond acceptors (Lipinski definition) is 5. The maximum absolute atomic E-state index is 13.0. The summed E-state index contributed by atoms with van der Waals surface area (Å²) in [5.41, 5.74) is 1.24. The van der Waals surface area contributed by atoms with Crippen LogP contribution in [-0.4, -0.2) is 33.0 Å². The van der Waals surface area contributed by atoms with Gasteiger partial charge in [0, 0.05) is 18.7 Å². The Bertz CT molecular complexity index is 865. The quantitative estimate of drug-likeness (QED) is 0.881. The number of rotatable bonds is 5. The van der Waals surface area contributed by atoms with Gasteiger partial charge >= 0.3 is 0 Å². The van der Waals surface area contributed by atoms with E-state index < -0.39 is 5.82 Å². The van der Waals surface area contributed by atoms with Gasteiger partial charge in [-0.05, 0) is 18.2 Å². The first kappa shape index (κ1) is 17.0. The van der Waals surface area contributed by atoms with Gasteiger partial charge in [0.1, 0.15) is 11.6 Å². The van der Waals surface area contributed by atoms with Crippen LogP contribution in [0.2, 0.25) is 5.02 Å². The number of halogens is 2. The smallest absolute Gasteiger partial charge is 0.255 e. The highest BCUT2D eigenvalue weighted by atomic mass is 35.5. The van der Waals surface area contributed by atoms with E-state index in [4.69, 9.17) is 16.3 Å². The molecule has 25 heavy (non-hydrogen) atoms. The number of nitrogens with zero attached hydrogens (tertiary/aromatic N) is 3. The lowest BCUT2D eigenvalue weighted by Gasteiger charge is -2.11. The van der Waals surface area contributed by atoms with Gasteiger partial charge in [-0.2, -0.15) is 5.10 Å². The van der Waals surface area contributed by atoms with E-state index in [1.807, 2.05) is 0 Å². The molecule has 0 unspecified atom stereocenters. The number of amides is 2. The Hall–Kier alpha value is -2.87. The highest BCUT2D eigenvalue weighted by Crippen LogP contribution is 2.25. The van der Waals surface area contributed by atoms with Crippen LogP contribution < -0.4 is 10.1 Å². The van der Waals surface area contributed by atoms with Gasteiger partial charge in [-0.15, -0.1) is 0 Å². The van der Waals surface area contributed by atoms with Gasteiger partial charge in [-0.25, -0.2) is 9.07 Å². The van der Waals surface area contributed by atoms with Crippen molar-refractivity contribution >= 4 is 29.1 Å². The van der Waals surface area contributed by atoms with Crippen molar-refractivity contribution in [3.8, 4) is 5.75 Å². The fourth-order valence-electron chi connectivity index (χ4n) is 2.28. The molecule has 0 bridgehead atoms. The summed E-state index contributed by atoms with van der Waals surface area (Å²) in [4.78, 5) is 24.1. The van der Waals surface area contributed by atoms with E-state index in [0.29, 0.717) is 17.1 Å². The minimum atomic E-state index is -0.443. The lowest BCUT2D eigenvalue weighted by atomic mass is 10.3. The molecular weight excluding hydrogens is 351 g/mol. The average Bonchev–Trinajstić information content (AvgIpc) is 3.13. The summed E-state index contributed by atoms with van der Waals surface area (Å²) < 4.78 is 20.0. The lowest BCUT2D eigenvalue weighted by Crippen LogP contribution is -2.31. The van der Waals surface area contributed by atoms with Gasteiger partial charge in [-0.3, -0.25) is 14.5 Å². The number of ether oxygens (including phenoxy) is 1. The molecule has 0 radical (unpaired) electrons. The average molecular weight is 365 g/mol. The Morgan fingerprint density at radius 2 is 2.28 bits per heavy atom. The predicted molar refractivity (Wildman–Crippen MR) is 88.4 cm³/mol. The molecule has 0 saturated carbocycles. The van der Waals surface area contributed by atoms with Crippen LogP contribution in [0.4, 0.5) is 10.1 Å². The number of benzene rings is 1. The van der Waals surface area contributed by atoms with Crippen LogP contribution in [-0.2, 0) is 16.3 Å². The third kappa shape index (κ3) is 3.97. The van der Waals surface area contributed by atoms with E-state index in [1.165, 1.54) is 29.8 Å². The number of imide groups is 1. The van der Waals surface area contributed by atoms with Gasteiger partial charge < -0.3 is 10.1 Å². The van der Waals surface area contributed by atoms with Crippen molar-refractivity contribution in [3.05, 3.63) is 53.2 Å². The fraction of sp³-hybridized carbons (Fsp3) is 0.188. The van der Waals surface area contributed by atoms with Gasteiger partial charge in [0.2, 0.25) is 5.91 Å². The second-order valence-electron chi connectivity index (χ2n) is 5.35. The minimum Gasteiger partial charge on any atom is -0.470 e. The van der Waals surface area contributed by atoms with Crippen LogP contribution in [0.3, 0.4) is 0 Å². The molecule has 1 aliphatic heterocycles. The highest BCUT2D eigenvalue weighted by Gasteiger charge is 2.24. The summed E-state index contributed by atoms with van der Waals surface area (Å²) in [6.07, 6.45) is 4.59. The molecule has 2 amide bonds.